The van der Waals surface area contributed by atoms with E-state index in [9.17, 15) is 13.2 Å². The van der Waals surface area contributed by atoms with Crippen molar-refractivity contribution in [3.63, 3.8) is 0 Å². The Labute approximate surface area is 122 Å². The molecule has 1 N–H and O–H groups in total. The molecule has 21 heavy (non-hydrogen) atoms. The van der Waals surface area contributed by atoms with Crippen LogP contribution in [0.4, 0.5) is 13.2 Å². The second-order valence-electron chi connectivity index (χ2n) is 5.34. The zero-order valence-corrected chi connectivity index (χ0v) is 12.1. The zero-order chi connectivity index (χ0) is 15.3. The van der Waals surface area contributed by atoms with E-state index < -0.39 is 11.7 Å². The summed E-state index contributed by atoms with van der Waals surface area (Å²) >= 11 is 0. The number of nitrogens with zero attached hydrogens (tertiary/aromatic N) is 1. The molecule has 0 amide bonds. The molecule has 0 radical (unpaired) electrons. The van der Waals surface area contributed by atoms with Crippen molar-refractivity contribution in [1.29, 1.82) is 0 Å². The number of rotatable bonds is 6. The summed E-state index contributed by atoms with van der Waals surface area (Å²) < 4.78 is 45.0. The first-order valence-corrected chi connectivity index (χ1v) is 7.38. The summed E-state index contributed by atoms with van der Waals surface area (Å²) in [6, 6.07) is 0.671. The van der Waals surface area contributed by atoms with E-state index in [4.69, 9.17) is 4.74 Å². The summed E-state index contributed by atoms with van der Waals surface area (Å²) in [5.41, 5.74) is -0.391. The smallest absolute Gasteiger partial charge is 0.378 e. The summed E-state index contributed by atoms with van der Waals surface area (Å²) in [5.74, 6) is 0. The molecule has 1 saturated heterocycles. The third-order valence-corrected chi connectivity index (χ3v) is 3.70. The predicted octanol–water partition coefficient (Wildman–Crippen LogP) is 3.71. The minimum atomic E-state index is -4.36. The average Bonchev–Trinajstić information content (AvgIpc) is 2.95. The molecular formula is C15H21F3N2O. The maximum absolute atomic E-state index is 13.2. The molecule has 0 saturated carbocycles. The zero-order valence-electron chi connectivity index (χ0n) is 12.1. The van der Waals surface area contributed by atoms with Crippen molar-refractivity contribution in [3.05, 3.63) is 29.6 Å². The van der Waals surface area contributed by atoms with Crippen molar-refractivity contribution in [1.82, 2.24) is 10.3 Å². The predicted molar refractivity (Wildman–Crippen MR) is 73.9 cm³/mol. The molecule has 0 spiro atoms. The Balaban J connectivity index is 2.22. The molecule has 118 valence electrons. The number of pyridine rings is 1. The SMILES string of the molecule is CCCNC(CC1CCCO1)c1cnccc1C(F)(F)F. The number of ether oxygens (including phenoxy) is 1. The van der Waals surface area contributed by atoms with E-state index in [0.717, 1.165) is 25.3 Å². The molecule has 0 bridgehead atoms. The highest BCUT2D eigenvalue weighted by Gasteiger charge is 2.36. The van der Waals surface area contributed by atoms with Gasteiger partial charge in [-0.05, 0) is 43.9 Å². The molecule has 1 aromatic rings. The molecule has 6 heteroatoms. The number of nitrogens with one attached hydrogen (secondary N) is 1. The third-order valence-electron chi connectivity index (χ3n) is 3.70. The molecule has 1 fully saturated rings. The van der Waals surface area contributed by atoms with Crippen molar-refractivity contribution >= 4 is 0 Å². The Morgan fingerprint density at radius 3 is 2.90 bits per heavy atom. The number of hydrogen-bond acceptors (Lipinski definition) is 3. The van der Waals surface area contributed by atoms with Gasteiger partial charge in [-0.25, -0.2) is 0 Å². The Morgan fingerprint density at radius 2 is 2.29 bits per heavy atom. The van der Waals surface area contributed by atoms with E-state index >= 15 is 0 Å². The van der Waals surface area contributed by atoms with Gasteiger partial charge in [0.05, 0.1) is 11.7 Å². The summed E-state index contributed by atoms with van der Waals surface area (Å²) in [5, 5.41) is 3.21. The maximum atomic E-state index is 13.2. The lowest BCUT2D eigenvalue weighted by Crippen LogP contribution is -2.28. The fourth-order valence-corrected chi connectivity index (χ4v) is 2.67. The standard InChI is InChI=1S/C15H21F3N2O/c1-2-6-20-14(9-11-4-3-8-21-11)12-10-19-7-5-13(12)15(16,17)18/h5,7,10-11,14,20H,2-4,6,8-9H2,1H3. The monoisotopic (exact) mass is 302 g/mol. The fraction of sp³-hybridized carbons (Fsp3) is 0.667. The lowest BCUT2D eigenvalue weighted by atomic mass is 9.96. The van der Waals surface area contributed by atoms with E-state index in [2.05, 4.69) is 10.3 Å². The van der Waals surface area contributed by atoms with Gasteiger partial charge in [0.1, 0.15) is 0 Å². The van der Waals surface area contributed by atoms with Crippen LogP contribution in [0, 0.1) is 0 Å². The van der Waals surface area contributed by atoms with Gasteiger partial charge in [-0.15, -0.1) is 0 Å². The molecule has 1 aromatic heterocycles. The van der Waals surface area contributed by atoms with Crippen LogP contribution in [-0.4, -0.2) is 24.2 Å². The van der Waals surface area contributed by atoms with Crippen molar-refractivity contribution in [2.75, 3.05) is 13.2 Å². The van der Waals surface area contributed by atoms with E-state index in [1.54, 1.807) is 0 Å². The Morgan fingerprint density at radius 1 is 1.48 bits per heavy atom. The van der Waals surface area contributed by atoms with E-state index in [1.807, 2.05) is 6.92 Å². The second kappa shape index (κ2) is 7.22. The van der Waals surface area contributed by atoms with Crippen molar-refractivity contribution in [3.8, 4) is 0 Å². The molecule has 0 aromatic carbocycles. The van der Waals surface area contributed by atoms with E-state index in [-0.39, 0.29) is 17.7 Å². The maximum Gasteiger partial charge on any atom is 0.416 e. The van der Waals surface area contributed by atoms with Gasteiger partial charge in [-0.1, -0.05) is 6.92 Å². The van der Waals surface area contributed by atoms with Crippen molar-refractivity contribution < 1.29 is 17.9 Å². The van der Waals surface area contributed by atoms with E-state index in [1.165, 1.54) is 12.4 Å². The summed E-state index contributed by atoms with van der Waals surface area (Å²) in [6.07, 6.45) is 1.48. The minimum absolute atomic E-state index is 0.0284. The normalized spacial score (nSPS) is 20.7. The summed E-state index contributed by atoms with van der Waals surface area (Å²) in [4.78, 5) is 3.88. The van der Waals surface area contributed by atoms with Gasteiger partial charge in [-0.3, -0.25) is 4.98 Å². The quantitative estimate of drug-likeness (QED) is 0.870. The highest BCUT2D eigenvalue weighted by molar-refractivity contribution is 5.29. The first-order chi connectivity index (χ1) is 10.0. The van der Waals surface area contributed by atoms with Gasteiger partial charge in [0.25, 0.3) is 0 Å². The number of aromatic nitrogens is 1. The Kier molecular flexibility index (Phi) is 5.58. The van der Waals surface area contributed by atoms with Gasteiger partial charge in [0.15, 0.2) is 0 Å². The number of alkyl halides is 3. The third kappa shape index (κ3) is 4.41. The molecule has 2 unspecified atom stereocenters. The van der Waals surface area contributed by atoms with Gasteiger partial charge in [-0.2, -0.15) is 13.2 Å². The van der Waals surface area contributed by atoms with Crippen LogP contribution < -0.4 is 5.32 Å². The van der Waals surface area contributed by atoms with Crippen LogP contribution in [0.5, 0.6) is 0 Å². The average molecular weight is 302 g/mol. The van der Waals surface area contributed by atoms with Crippen LogP contribution in [0.15, 0.2) is 18.5 Å². The van der Waals surface area contributed by atoms with Crippen LogP contribution in [0.1, 0.15) is 49.8 Å². The number of halogens is 3. The number of hydrogen-bond donors (Lipinski definition) is 1. The molecule has 2 atom stereocenters. The first-order valence-electron chi connectivity index (χ1n) is 7.38. The lowest BCUT2D eigenvalue weighted by Gasteiger charge is -2.24. The van der Waals surface area contributed by atoms with Crippen molar-refractivity contribution in [2.45, 2.75) is 50.9 Å². The van der Waals surface area contributed by atoms with Gasteiger partial charge >= 0.3 is 6.18 Å². The van der Waals surface area contributed by atoms with Gasteiger partial charge in [0.2, 0.25) is 0 Å². The second-order valence-corrected chi connectivity index (χ2v) is 5.34. The largest absolute Gasteiger partial charge is 0.416 e. The topological polar surface area (TPSA) is 34.1 Å². The molecule has 2 heterocycles. The molecule has 0 aliphatic carbocycles. The molecule has 3 nitrogen and oxygen atoms in total. The molecule has 2 rings (SSSR count). The first kappa shape index (κ1) is 16.2. The van der Waals surface area contributed by atoms with Crippen LogP contribution in [0.25, 0.3) is 0 Å². The van der Waals surface area contributed by atoms with E-state index in [0.29, 0.717) is 19.6 Å². The Bertz CT molecular complexity index is 445. The Hall–Kier alpha value is -1.14. The van der Waals surface area contributed by atoms with Crippen molar-refractivity contribution in [2.24, 2.45) is 0 Å². The van der Waals surface area contributed by atoms with Crippen LogP contribution >= 0.6 is 0 Å². The summed E-state index contributed by atoms with van der Waals surface area (Å²) in [6.45, 7) is 3.36. The van der Waals surface area contributed by atoms with Crippen LogP contribution in [0.2, 0.25) is 0 Å². The fourth-order valence-electron chi connectivity index (χ4n) is 2.67. The van der Waals surface area contributed by atoms with Crippen LogP contribution in [-0.2, 0) is 10.9 Å². The molecule has 1 aliphatic heterocycles. The molecular weight excluding hydrogens is 281 g/mol. The van der Waals surface area contributed by atoms with Gasteiger partial charge in [0, 0.05) is 25.0 Å². The highest BCUT2D eigenvalue weighted by atomic mass is 19.4. The molecule has 1 aliphatic rings. The minimum Gasteiger partial charge on any atom is -0.378 e. The summed E-state index contributed by atoms with van der Waals surface area (Å²) in [7, 11) is 0. The highest BCUT2D eigenvalue weighted by Crippen LogP contribution is 2.36. The van der Waals surface area contributed by atoms with Crippen LogP contribution in [0.3, 0.4) is 0 Å². The van der Waals surface area contributed by atoms with Gasteiger partial charge < -0.3 is 10.1 Å². The lowest BCUT2D eigenvalue weighted by molar-refractivity contribution is -0.138.